The molecule has 0 fully saturated rings. The lowest BCUT2D eigenvalue weighted by atomic mass is 9.77. The van der Waals surface area contributed by atoms with E-state index >= 15 is 0 Å². The lowest BCUT2D eigenvalue weighted by Gasteiger charge is -2.28. The van der Waals surface area contributed by atoms with E-state index < -0.39 is 0 Å². The molecule has 0 bridgehead atoms. The van der Waals surface area contributed by atoms with Crippen molar-refractivity contribution in [2.45, 2.75) is 51.9 Å². The zero-order valence-electron chi connectivity index (χ0n) is 13.1. The first kappa shape index (κ1) is 14.8. The maximum absolute atomic E-state index is 4.47. The van der Waals surface area contributed by atoms with E-state index in [2.05, 4.69) is 69.1 Å². The van der Waals surface area contributed by atoms with Gasteiger partial charge in [0.1, 0.15) is 0 Å². The highest BCUT2D eigenvalue weighted by molar-refractivity contribution is 5.32. The van der Waals surface area contributed by atoms with Crippen molar-refractivity contribution in [1.82, 2.24) is 4.98 Å². The maximum Gasteiger partial charge on any atom is 0.0431 e. The Bertz CT molecular complexity index is 543. The molecule has 0 amide bonds. The van der Waals surface area contributed by atoms with Gasteiger partial charge in [-0.15, -0.1) is 0 Å². The molecule has 0 saturated heterocycles. The molecule has 1 nitrogen and oxygen atoms in total. The fourth-order valence-corrected chi connectivity index (χ4v) is 2.86. The number of pyridine rings is 1. The Labute approximate surface area is 123 Å². The molecular weight excluding hydrogens is 242 g/mol. The van der Waals surface area contributed by atoms with Crippen molar-refractivity contribution in [2.24, 2.45) is 0 Å². The van der Waals surface area contributed by atoms with Crippen LogP contribution in [0.4, 0.5) is 0 Å². The third-order valence-electron chi connectivity index (χ3n) is 4.27. The summed E-state index contributed by atoms with van der Waals surface area (Å²) in [6.45, 7) is 9.18. The van der Waals surface area contributed by atoms with Gasteiger partial charge in [-0.1, -0.05) is 51.1 Å². The normalized spacial score (nSPS) is 13.2. The van der Waals surface area contributed by atoms with Crippen LogP contribution in [0.1, 0.15) is 56.4 Å². The lowest BCUT2D eigenvalue weighted by molar-refractivity contribution is 0.435. The molecule has 0 N–H and O–H groups in total. The number of benzene rings is 1. The summed E-state index contributed by atoms with van der Waals surface area (Å²) < 4.78 is 0. The van der Waals surface area contributed by atoms with Gasteiger partial charge >= 0.3 is 0 Å². The monoisotopic (exact) mass is 267 g/mol. The zero-order valence-corrected chi connectivity index (χ0v) is 13.1. The minimum atomic E-state index is 0.217. The second kappa shape index (κ2) is 6.21. The first-order chi connectivity index (χ1) is 9.50. The fraction of sp³-hybridized carbons (Fsp3) is 0.421. The van der Waals surface area contributed by atoms with E-state index in [0.29, 0.717) is 5.92 Å². The summed E-state index contributed by atoms with van der Waals surface area (Å²) >= 11 is 0. The average Bonchev–Trinajstić information content (AvgIpc) is 2.46. The van der Waals surface area contributed by atoms with Gasteiger partial charge in [-0.2, -0.15) is 0 Å². The molecule has 2 rings (SSSR count). The van der Waals surface area contributed by atoms with E-state index in [4.69, 9.17) is 0 Å². The molecule has 0 spiro atoms. The minimum absolute atomic E-state index is 0.217. The molecule has 0 aliphatic carbocycles. The molecule has 0 aliphatic heterocycles. The van der Waals surface area contributed by atoms with E-state index in [-0.39, 0.29) is 5.41 Å². The molecule has 2 aromatic rings. The van der Waals surface area contributed by atoms with Gasteiger partial charge in [-0.05, 0) is 54.4 Å². The van der Waals surface area contributed by atoms with E-state index in [9.17, 15) is 0 Å². The van der Waals surface area contributed by atoms with Crippen LogP contribution in [0, 0.1) is 6.92 Å². The molecule has 1 heteroatoms. The van der Waals surface area contributed by atoms with Gasteiger partial charge < -0.3 is 0 Å². The van der Waals surface area contributed by atoms with Gasteiger partial charge in [0.25, 0.3) is 0 Å². The zero-order chi connectivity index (χ0) is 14.6. The summed E-state index contributed by atoms with van der Waals surface area (Å²) in [5.74, 6) is 0.513. The fourth-order valence-electron chi connectivity index (χ4n) is 2.86. The van der Waals surface area contributed by atoms with Crippen LogP contribution in [0.2, 0.25) is 0 Å². The topological polar surface area (TPSA) is 12.9 Å². The maximum atomic E-state index is 4.47. The molecule has 0 saturated carbocycles. The van der Waals surface area contributed by atoms with Crippen LogP contribution in [-0.2, 0) is 5.41 Å². The van der Waals surface area contributed by atoms with Gasteiger partial charge in [0.15, 0.2) is 0 Å². The highest BCUT2D eigenvalue weighted by atomic mass is 14.7. The van der Waals surface area contributed by atoms with Gasteiger partial charge in [0, 0.05) is 11.9 Å². The van der Waals surface area contributed by atoms with Gasteiger partial charge in [0.05, 0.1) is 0 Å². The summed E-state index contributed by atoms with van der Waals surface area (Å²) in [6.07, 6.45) is 4.23. The summed E-state index contributed by atoms with van der Waals surface area (Å²) in [6, 6.07) is 14.9. The van der Waals surface area contributed by atoms with Crippen LogP contribution in [0.15, 0.2) is 48.7 Å². The molecular formula is C19H25N. The smallest absolute Gasteiger partial charge is 0.0431 e. The first-order valence-corrected chi connectivity index (χ1v) is 7.48. The predicted octanol–water partition coefficient (Wildman–Crippen LogP) is 5.25. The van der Waals surface area contributed by atoms with Crippen LogP contribution in [0.5, 0.6) is 0 Å². The van der Waals surface area contributed by atoms with Crippen LogP contribution in [-0.4, -0.2) is 4.98 Å². The van der Waals surface area contributed by atoms with Crippen molar-refractivity contribution in [3.8, 4) is 0 Å². The number of hydrogen-bond acceptors (Lipinski definition) is 1. The molecule has 0 radical (unpaired) electrons. The largest absolute Gasteiger partial charge is 0.261 e. The molecule has 1 heterocycles. The number of aromatic nitrogens is 1. The van der Waals surface area contributed by atoms with Gasteiger partial charge in [-0.25, -0.2) is 0 Å². The summed E-state index contributed by atoms with van der Waals surface area (Å²) in [5, 5.41) is 0. The third-order valence-corrected chi connectivity index (χ3v) is 4.27. The van der Waals surface area contributed by atoms with Crippen molar-refractivity contribution < 1.29 is 0 Å². The standard InChI is InChI=1S/C19H25N/c1-15-9-5-6-10-17(15)19(3,4)13-12-16(2)18-11-7-8-14-20-18/h5-11,14,16H,12-13H2,1-4H3. The molecule has 1 atom stereocenters. The van der Waals surface area contributed by atoms with Crippen molar-refractivity contribution in [1.29, 1.82) is 0 Å². The number of aryl methyl sites for hydroxylation is 1. The quantitative estimate of drug-likeness (QED) is 0.721. The number of nitrogens with zero attached hydrogens (tertiary/aromatic N) is 1. The Morgan fingerprint density at radius 3 is 2.40 bits per heavy atom. The first-order valence-electron chi connectivity index (χ1n) is 7.48. The van der Waals surface area contributed by atoms with Crippen molar-refractivity contribution in [3.05, 3.63) is 65.5 Å². The summed E-state index contributed by atoms with van der Waals surface area (Å²) in [4.78, 5) is 4.47. The SMILES string of the molecule is Cc1ccccc1C(C)(C)CCC(C)c1ccccn1. The van der Waals surface area contributed by atoms with Gasteiger partial charge in [0.2, 0.25) is 0 Å². The molecule has 0 aliphatic rings. The highest BCUT2D eigenvalue weighted by Crippen LogP contribution is 2.33. The Kier molecular flexibility index (Phi) is 4.59. The highest BCUT2D eigenvalue weighted by Gasteiger charge is 2.23. The third kappa shape index (κ3) is 3.47. The molecule has 106 valence electrons. The minimum Gasteiger partial charge on any atom is -0.261 e. The van der Waals surface area contributed by atoms with Crippen molar-refractivity contribution in [3.63, 3.8) is 0 Å². The van der Waals surface area contributed by atoms with Gasteiger partial charge in [-0.3, -0.25) is 4.98 Å². The molecule has 1 aromatic heterocycles. The Hall–Kier alpha value is -1.63. The second-order valence-corrected chi connectivity index (χ2v) is 6.39. The van der Waals surface area contributed by atoms with E-state index in [1.165, 1.54) is 29.7 Å². The molecule has 1 unspecified atom stereocenters. The second-order valence-electron chi connectivity index (χ2n) is 6.39. The average molecular weight is 267 g/mol. The van der Waals surface area contributed by atoms with Crippen LogP contribution in [0.3, 0.4) is 0 Å². The Morgan fingerprint density at radius 2 is 1.75 bits per heavy atom. The molecule has 20 heavy (non-hydrogen) atoms. The number of hydrogen-bond donors (Lipinski definition) is 0. The molecule has 1 aromatic carbocycles. The Morgan fingerprint density at radius 1 is 1.05 bits per heavy atom. The van der Waals surface area contributed by atoms with E-state index in [0.717, 1.165) is 0 Å². The summed E-state index contributed by atoms with van der Waals surface area (Å²) in [7, 11) is 0. The summed E-state index contributed by atoms with van der Waals surface area (Å²) in [5.41, 5.74) is 4.28. The van der Waals surface area contributed by atoms with E-state index in [1.54, 1.807) is 0 Å². The van der Waals surface area contributed by atoms with Crippen LogP contribution < -0.4 is 0 Å². The Balaban J connectivity index is 2.04. The van der Waals surface area contributed by atoms with Crippen molar-refractivity contribution in [2.75, 3.05) is 0 Å². The predicted molar refractivity (Wildman–Crippen MR) is 86.1 cm³/mol. The number of rotatable bonds is 5. The van der Waals surface area contributed by atoms with Crippen molar-refractivity contribution >= 4 is 0 Å². The van der Waals surface area contributed by atoms with Crippen LogP contribution >= 0.6 is 0 Å². The lowest BCUT2D eigenvalue weighted by Crippen LogP contribution is -2.19. The van der Waals surface area contributed by atoms with E-state index in [1.807, 2.05) is 12.3 Å². The van der Waals surface area contributed by atoms with Crippen LogP contribution in [0.25, 0.3) is 0 Å².